The van der Waals surface area contributed by atoms with E-state index in [2.05, 4.69) is 34.7 Å². The van der Waals surface area contributed by atoms with Gasteiger partial charge in [0.15, 0.2) is 0 Å². The first-order valence-corrected chi connectivity index (χ1v) is 8.83. The standard InChI is InChI=1S/C16H22N6O2S/c1-9(2)11-5-7-12(8-6-11)22-16(19-20-21-22)25-13(10(3)4)14(23)18-15(17)24/h5-10,13H,1-4H3,(H3,17,18,23,24)/t13-/m0/s1. The molecule has 3 amide bonds. The number of thioether (sulfide) groups is 1. The van der Waals surface area contributed by atoms with Gasteiger partial charge in [0.05, 0.1) is 10.9 Å². The number of hydrogen-bond acceptors (Lipinski definition) is 6. The molecule has 0 fully saturated rings. The van der Waals surface area contributed by atoms with Crippen molar-refractivity contribution in [3.8, 4) is 5.69 Å². The molecule has 1 aromatic carbocycles. The van der Waals surface area contributed by atoms with Crippen LogP contribution >= 0.6 is 11.8 Å². The van der Waals surface area contributed by atoms with Crippen molar-refractivity contribution in [2.75, 3.05) is 0 Å². The summed E-state index contributed by atoms with van der Waals surface area (Å²) < 4.78 is 1.57. The van der Waals surface area contributed by atoms with Crippen molar-refractivity contribution in [3.63, 3.8) is 0 Å². The summed E-state index contributed by atoms with van der Waals surface area (Å²) in [6.07, 6.45) is 0. The van der Waals surface area contributed by atoms with E-state index in [1.165, 1.54) is 17.3 Å². The van der Waals surface area contributed by atoms with Gasteiger partial charge < -0.3 is 5.73 Å². The SMILES string of the molecule is CC(C)c1ccc(-n2nnnc2S[C@H](C(=O)NC(N)=O)C(C)C)cc1. The Morgan fingerprint density at radius 3 is 2.32 bits per heavy atom. The number of hydrogen-bond donors (Lipinski definition) is 2. The number of amides is 3. The molecule has 1 aromatic heterocycles. The summed E-state index contributed by atoms with van der Waals surface area (Å²) in [6, 6.07) is 7.04. The highest BCUT2D eigenvalue weighted by Gasteiger charge is 2.27. The van der Waals surface area contributed by atoms with Gasteiger partial charge in [-0.2, -0.15) is 4.68 Å². The lowest BCUT2D eigenvalue weighted by Gasteiger charge is -2.18. The van der Waals surface area contributed by atoms with Gasteiger partial charge in [0.2, 0.25) is 11.1 Å². The number of carbonyl (C=O) groups excluding carboxylic acids is 2. The highest BCUT2D eigenvalue weighted by Crippen LogP contribution is 2.28. The van der Waals surface area contributed by atoms with Crippen molar-refractivity contribution in [2.24, 2.45) is 11.7 Å². The van der Waals surface area contributed by atoms with E-state index in [0.717, 1.165) is 5.69 Å². The Hall–Kier alpha value is -2.42. The lowest BCUT2D eigenvalue weighted by Crippen LogP contribution is -2.42. The van der Waals surface area contributed by atoms with Gasteiger partial charge in [-0.1, -0.05) is 51.6 Å². The van der Waals surface area contributed by atoms with Crippen LogP contribution in [0.5, 0.6) is 0 Å². The molecule has 1 atom stereocenters. The van der Waals surface area contributed by atoms with Crippen molar-refractivity contribution in [1.29, 1.82) is 0 Å². The number of tetrazole rings is 1. The summed E-state index contributed by atoms with van der Waals surface area (Å²) in [5.74, 6) is -0.0744. The second-order valence-corrected chi connectivity index (χ2v) is 7.36. The zero-order valence-electron chi connectivity index (χ0n) is 14.6. The van der Waals surface area contributed by atoms with E-state index in [1.54, 1.807) is 4.68 Å². The maximum absolute atomic E-state index is 12.2. The Morgan fingerprint density at radius 2 is 1.80 bits per heavy atom. The van der Waals surface area contributed by atoms with Crippen molar-refractivity contribution in [2.45, 2.75) is 44.0 Å². The first kappa shape index (κ1) is 18.9. The fourth-order valence-corrected chi connectivity index (χ4v) is 3.20. The minimum Gasteiger partial charge on any atom is -0.351 e. The molecule has 0 saturated carbocycles. The molecule has 25 heavy (non-hydrogen) atoms. The van der Waals surface area contributed by atoms with E-state index in [9.17, 15) is 9.59 Å². The van der Waals surface area contributed by atoms with Crippen LogP contribution in [0.4, 0.5) is 4.79 Å². The second kappa shape index (κ2) is 8.11. The highest BCUT2D eigenvalue weighted by atomic mass is 32.2. The molecule has 8 nitrogen and oxygen atoms in total. The van der Waals surface area contributed by atoms with E-state index >= 15 is 0 Å². The number of urea groups is 1. The summed E-state index contributed by atoms with van der Waals surface area (Å²) >= 11 is 1.19. The number of imide groups is 1. The van der Waals surface area contributed by atoms with Crippen molar-refractivity contribution in [1.82, 2.24) is 25.5 Å². The van der Waals surface area contributed by atoms with Gasteiger partial charge in [0.1, 0.15) is 0 Å². The molecule has 0 spiro atoms. The van der Waals surface area contributed by atoms with Gasteiger partial charge in [-0.25, -0.2) is 4.79 Å². The van der Waals surface area contributed by atoms with Crippen LogP contribution in [0.25, 0.3) is 5.69 Å². The highest BCUT2D eigenvalue weighted by molar-refractivity contribution is 8.00. The van der Waals surface area contributed by atoms with Crippen LogP contribution in [-0.4, -0.2) is 37.4 Å². The van der Waals surface area contributed by atoms with Crippen molar-refractivity contribution >= 4 is 23.7 Å². The fraction of sp³-hybridized carbons (Fsp3) is 0.438. The predicted octanol–water partition coefficient (Wildman–Crippen LogP) is 2.10. The van der Waals surface area contributed by atoms with E-state index < -0.39 is 17.2 Å². The summed E-state index contributed by atoms with van der Waals surface area (Å²) in [7, 11) is 0. The van der Waals surface area contributed by atoms with E-state index in [-0.39, 0.29) is 5.92 Å². The minimum absolute atomic E-state index is 0.0437. The van der Waals surface area contributed by atoms with Gasteiger partial charge in [-0.3, -0.25) is 10.1 Å². The average Bonchev–Trinajstić information content (AvgIpc) is 2.99. The lowest BCUT2D eigenvalue weighted by atomic mass is 10.0. The Kier molecular flexibility index (Phi) is 6.13. The Morgan fingerprint density at radius 1 is 1.16 bits per heavy atom. The van der Waals surface area contributed by atoms with Crippen molar-refractivity contribution < 1.29 is 9.59 Å². The smallest absolute Gasteiger partial charge is 0.318 e. The molecule has 2 aromatic rings. The zero-order valence-corrected chi connectivity index (χ0v) is 15.4. The van der Waals surface area contributed by atoms with E-state index in [4.69, 9.17) is 5.73 Å². The van der Waals surface area contributed by atoms with Crippen LogP contribution in [0.1, 0.15) is 39.2 Å². The van der Waals surface area contributed by atoms with Gasteiger partial charge in [-0.15, -0.1) is 5.10 Å². The molecule has 3 N–H and O–H groups in total. The topological polar surface area (TPSA) is 116 Å². The fourth-order valence-electron chi connectivity index (χ4n) is 2.21. The Labute approximate surface area is 150 Å². The Bertz CT molecular complexity index is 741. The van der Waals surface area contributed by atoms with E-state index in [0.29, 0.717) is 11.1 Å². The molecule has 9 heteroatoms. The third-order valence-corrected chi connectivity index (χ3v) is 5.07. The molecule has 134 valence electrons. The maximum atomic E-state index is 12.2. The molecule has 0 aliphatic rings. The van der Waals surface area contributed by atoms with Gasteiger partial charge in [0.25, 0.3) is 0 Å². The largest absolute Gasteiger partial charge is 0.351 e. The number of primary amides is 1. The zero-order chi connectivity index (χ0) is 18.6. The lowest BCUT2D eigenvalue weighted by molar-refractivity contribution is -0.120. The normalized spacial score (nSPS) is 12.4. The number of benzene rings is 1. The molecule has 0 saturated heterocycles. The van der Waals surface area contributed by atoms with Crippen LogP contribution in [0.3, 0.4) is 0 Å². The summed E-state index contributed by atoms with van der Waals surface area (Å²) in [6.45, 7) is 8.00. The van der Waals surface area contributed by atoms with Crippen LogP contribution in [0.15, 0.2) is 29.4 Å². The molecule has 0 aliphatic carbocycles. The monoisotopic (exact) mass is 362 g/mol. The van der Waals surface area contributed by atoms with Gasteiger partial charge in [0, 0.05) is 0 Å². The molecular weight excluding hydrogens is 340 g/mol. The number of nitrogens with two attached hydrogens (primary N) is 1. The van der Waals surface area contributed by atoms with Crippen molar-refractivity contribution in [3.05, 3.63) is 29.8 Å². The summed E-state index contributed by atoms with van der Waals surface area (Å²) in [5.41, 5.74) is 7.05. The third kappa shape index (κ3) is 4.79. The third-order valence-electron chi connectivity index (χ3n) is 3.59. The van der Waals surface area contributed by atoms with Gasteiger partial charge in [-0.05, 0) is 40.0 Å². The van der Waals surface area contributed by atoms with E-state index in [1.807, 2.05) is 38.1 Å². The number of rotatable bonds is 6. The first-order valence-electron chi connectivity index (χ1n) is 7.95. The number of carbonyl (C=O) groups is 2. The molecule has 2 rings (SSSR count). The molecule has 0 radical (unpaired) electrons. The number of aromatic nitrogens is 4. The van der Waals surface area contributed by atoms with Crippen LogP contribution < -0.4 is 11.1 Å². The minimum atomic E-state index is -0.875. The van der Waals surface area contributed by atoms with Crippen LogP contribution in [0.2, 0.25) is 0 Å². The van der Waals surface area contributed by atoms with Crippen LogP contribution in [0, 0.1) is 5.92 Å². The quantitative estimate of drug-likeness (QED) is 0.760. The first-order chi connectivity index (χ1) is 11.8. The Balaban J connectivity index is 2.24. The summed E-state index contributed by atoms with van der Waals surface area (Å²) in [4.78, 5) is 23.1. The average molecular weight is 362 g/mol. The molecule has 0 unspecified atom stereocenters. The van der Waals surface area contributed by atoms with Crippen LogP contribution in [-0.2, 0) is 4.79 Å². The molecular formula is C16H22N6O2S. The maximum Gasteiger partial charge on any atom is 0.318 e. The summed E-state index contributed by atoms with van der Waals surface area (Å²) in [5, 5.41) is 13.8. The number of nitrogens with zero attached hydrogens (tertiary/aromatic N) is 4. The molecule has 0 bridgehead atoms. The predicted molar refractivity (Wildman–Crippen MR) is 95.5 cm³/mol. The molecule has 0 aliphatic heterocycles. The second-order valence-electron chi connectivity index (χ2n) is 6.26. The van der Waals surface area contributed by atoms with Gasteiger partial charge >= 0.3 is 6.03 Å². The molecule has 1 heterocycles. The number of nitrogens with one attached hydrogen (secondary N) is 1.